The number of carbonyl (C=O) groups is 1. The molecular weight excluding hydrogens is 328 g/mol. The molecule has 0 heterocycles. The van der Waals surface area contributed by atoms with Gasteiger partial charge in [0.15, 0.2) is 0 Å². The predicted octanol–water partition coefficient (Wildman–Crippen LogP) is 4.27. The fraction of sp³-hybridized carbons (Fsp3) is 0.333. The maximum Gasteiger partial charge on any atom is 0.271 e. The number of amides is 1. The largest absolute Gasteiger partial charge is 0.494 e. The lowest BCUT2D eigenvalue weighted by molar-refractivity contribution is 0.0955. The minimum Gasteiger partial charge on any atom is -0.494 e. The van der Waals surface area contributed by atoms with E-state index in [2.05, 4.69) is 24.4 Å². The van der Waals surface area contributed by atoms with Crippen molar-refractivity contribution in [2.75, 3.05) is 13.2 Å². The summed E-state index contributed by atoms with van der Waals surface area (Å²) in [4.78, 5) is 12.1. The minimum atomic E-state index is -0.263. The summed E-state index contributed by atoms with van der Waals surface area (Å²) in [5.74, 6) is 1.92. The van der Waals surface area contributed by atoms with Gasteiger partial charge in [-0.1, -0.05) is 13.8 Å². The molecule has 138 valence electrons. The van der Waals surface area contributed by atoms with Gasteiger partial charge >= 0.3 is 0 Å². The summed E-state index contributed by atoms with van der Waals surface area (Å²) in [7, 11) is 0. The Labute approximate surface area is 155 Å². The Balaban J connectivity index is 1.83. The normalized spacial score (nSPS) is 10.9. The predicted molar refractivity (Wildman–Crippen MR) is 104 cm³/mol. The molecular formula is C21H26N2O3. The van der Waals surface area contributed by atoms with Crippen LogP contribution in [0.5, 0.6) is 11.5 Å². The molecule has 5 nitrogen and oxygen atoms in total. The molecule has 0 fully saturated rings. The fourth-order valence-corrected chi connectivity index (χ4v) is 2.16. The van der Waals surface area contributed by atoms with Crippen molar-refractivity contribution in [1.82, 2.24) is 5.43 Å². The number of hydrogen-bond acceptors (Lipinski definition) is 4. The number of ether oxygens (including phenoxy) is 2. The van der Waals surface area contributed by atoms with Gasteiger partial charge in [0.25, 0.3) is 5.91 Å². The summed E-state index contributed by atoms with van der Waals surface area (Å²) in [6.07, 6.45) is 2.60. The molecule has 0 atom stereocenters. The minimum absolute atomic E-state index is 0.263. The third-order valence-corrected chi connectivity index (χ3v) is 3.65. The maximum atomic E-state index is 12.1. The summed E-state index contributed by atoms with van der Waals surface area (Å²) < 4.78 is 11.0. The Morgan fingerprint density at radius 2 is 1.65 bits per heavy atom. The average molecular weight is 354 g/mol. The molecule has 2 aromatic carbocycles. The first kappa shape index (κ1) is 19.5. The Kier molecular flexibility index (Phi) is 7.68. The second kappa shape index (κ2) is 10.2. The van der Waals surface area contributed by atoms with E-state index in [4.69, 9.17) is 9.47 Å². The summed E-state index contributed by atoms with van der Waals surface area (Å²) in [5, 5.41) is 3.99. The zero-order valence-electron chi connectivity index (χ0n) is 15.6. The van der Waals surface area contributed by atoms with Gasteiger partial charge in [0, 0.05) is 5.56 Å². The lowest BCUT2D eigenvalue weighted by atomic mass is 10.1. The van der Waals surface area contributed by atoms with E-state index in [9.17, 15) is 4.79 Å². The Bertz CT molecular complexity index is 707. The molecule has 5 heteroatoms. The maximum absolute atomic E-state index is 12.1. The molecule has 26 heavy (non-hydrogen) atoms. The highest BCUT2D eigenvalue weighted by molar-refractivity contribution is 5.95. The molecule has 1 N–H and O–H groups in total. The van der Waals surface area contributed by atoms with Crippen molar-refractivity contribution in [3.63, 3.8) is 0 Å². The van der Waals surface area contributed by atoms with Crippen LogP contribution in [0.2, 0.25) is 0 Å². The first-order valence-corrected chi connectivity index (χ1v) is 8.87. The van der Waals surface area contributed by atoms with Crippen molar-refractivity contribution in [2.24, 2.45) is 11.0 Å². The standard InChI is InChI=1S/C21H26N2O3/c1-4-25-19-9-5-17(6-10-19)15-22-23-21(24)18-7-11-20(12-8-18)26-14-13-16(2)3/h5-12,15-16H,4,13-14H2,1-3H3,(H,23,24)/b22-15+. The number of hydrogen-bond donors (Lipinski definition) is 1. The van der Waals surface area contributed by atoms with Crippen molar-refractivity contribution in [3.8, 4) is 11.5 Å². The number of hydrazone groups is 1. The molecule has 0 bridgehead atoms. The SMILES string of the molecule is CCOc1ccc(/C=N/NC(=O)c2ccc(OCCC(C)C)cc2)cc1. The van der Waals surface area contributed by atoms with Crippen molar-refractivity contribution in [3.05, 3.63) is 59.7 Å². The molecule has 0 aliphatic rings. The number of carbonyl (C=O) groups excluding carboxylic acids is 1. The molecule has 1 amide bonds. The van der Waals surface area contributed by atoms with E-state index in [1.807, 2.05) is 31.2 Å². The quantitative estimate of drug-likeness (QED) is 0.540. The van der Waals surface area contributed by atoms with Crippen LogP contribution in [-0.4, -0.2) is 25.3 Å². The van der Waals surface area contributed by atoms with E-state index in [1.165, 1.54) is 0 Å². The van der Waals surface area contributed by atoms with Crippen molar-refractivity contribution < 1.29 is 14.3 Å². The molecule has 2 rings (SSSR count). The number of benzene rings is 2. The van der Waals surface area contributed by atoms with Crippen LogP contribution in [0.15, 0.2) is 53.6 Å². The van der Waals surface area contributed by atoms with E-state index >= 15 is 0 Å². The third kappa shape index (κ3) is 6.59. The lowest BCUT2D eigenvalue weighted by Crippen LogP contribution is -2.17. The number of nitrogens with zero attached hydrogens (tertiary/aromatic N) is 1. The zero-order chi connectivity index (χ0) is 18.8. The second-order valence-corrected chi connectivity index (χ2v) is 6.26. The van der Waals surface area contributed by atoms with Gasteiger partial charge in [-0.2, -0.15) is 5.10 Å². The first-order valence-electron chi connectivity index (χ1n) is 8.87. The molecule has 0 aliphatic heterocycles. The number of rotatable bonds is 9. The van der Waals surface area contributed by atoms with Gasteiger partial charge in [0.05, 0.1) is 19.4 Å². The van der Waals surface area contributed by atoms with Crippen LogP contribution >= 0.6 is 0 Å². The Morgan fingerprint density at radius 3 is 2.27 bits per heavy atom. The van der Waals surface area contributed by atoms with E-state index in [0.29, 0.717) is 24.7 Å². The van der Waals surface area contributed by atoms with Crippen LogP contribution in [-0.2, 0) is 0 Å². The fourth-order valence-electron chi connectivity index (χ4n) is 2.16. The van der Waals surface area contributed by atoms with Crippen molar-refractivity contribution >= 4 is 12.1 Å². The summed E-state index contributed by atoms with van der Waals surface area (Å²) >= 11 is 0. The number of nitrogens with one attached hydrogen (secondary N) is 1. The van der Waals surface area contributed by atoms with Crippen molar-refractivity contribution in [1.29, 1.82) is 0 Å². The van der Waals surface area contributed by atoms with Crippen LogP contribution < -0.4 is 14.9 Å². The topological polar surface area (TPSA) is 59.9 Å². The second-order valence-electron chi connectivity index (χ2n) is 6.26. The van der Waals surface area contributed by atoms with Gasteiger partial charge in [0.1, 0.15) is 11.5 Å². The Hall–Kier alpha value is -2.82. The van der Waals surface area contributed by atoms with Gasteiger partial charge < -0.3 is 9.47 Å². The van der Waals surface area contributed by atoms with E-state index in [-0.39, 0.29) is 5.91 Å². The highest BCUT2D eigenvalue weighted by Gasteiger charge is 2.04. The smallest absolute Gasteiger partial charge is 0.271 e. The molecule has 0 saturated heterocycles. The summed E-state index contributed by atoms with van der Waals surface area (Å²) in [5.41, 5.74) is 3.93. The van der Waals surface area contributed by atoms with Gasteiger partial charge in [-0.25, -0.2) is 5.43 Å². The monoisotopic (exact) mass is 354 g/mol. The van der Waals surface area contributed by atoms with Crippen LogP contribution in [0.25, 0.3) is 0 Å². The van der Waals surface area contributed by atoms with Gasteiger partial charge in [-0.15, -0.1) is 0 Å². The molecule has 0 aromatic heterocycles. The van der Waals surface area contributed by atoms with Gasteiger partial charge in [0.2, 0.25) is 0 Å². The molecule has 0 spiro atoms. The highest BCUT2D eigenvalue weighted by Crippen LogP contribution is 2.13. The molecule has 2 aromatic rings. The first-order chi connectivity index (χ1) is 12.6. The van der Waals surface area contributed by atoms with Crippen molar-refractivity contribution in [2.45, 2.75) is 27.2 Å². The lowest BCUT2D eigenvalue weighted by Gasteiger charge is -2.08. The molecule has 0 saturated carbocycles. The summed E-state index contributed by atoms with van der Waals surface area (Å²) in [6.45, 7) is 7.56. The molecule has 0 aliphatic carbocycles. The average Bonchev–Trinajstić information content (AvgIpc) is 2.63. The van der Waals surface area contributed by atoms with Gasteiger partial charge in [-0.3, -0.25) is 4.79 Å². The van der Waals surface area contributed by atoms with E-state index in [1.54, 1.807) is 30.5 Å². The van der Waals surface area contributed by atoms with Gasteiger partial charge in [-0.05, 0) is 73.4 Å². The highest BCUT2D eigenvalue weighted by atomic mass is 16.5. The summed E-state index contributed by atoms with van der Waals surface area (Å²) in [6, 6.07) is 14.5. The van der Waals surface area contributed by atoms with E-state index < -0.39 is 0 Å². The molecule has 0 radical (unpaired) electrons. The van der Waals surface area contributed by atoms with Crippen LogP contribution in [0.1, 0.15) is 43.1 Å². The third-order valence-electron chi connectivity index (χ3n) is 3.65. The molecule has 0 unspecified atom stereocenters. The zero-order valence-corrected chi connectivity index (χ0v) is 15.6. The van der Waals surface area contributed by atoms with E-state index in [0.717, 1.165) is 23.5 Å². The van der Waals surface area contributed by atoms with Crippen LogP contribution in [0, 0.1) is 5.92 Å². The Morgan fingerprint density at radius 1 is 1.04 bits per heavy atom. The van der Waals surface area contributed by atoms with Crippen LogP contribution in [0.3, 0.4) is 0 Å². The van der Waals surface area contributed by atoms with Crippen LogP contribution in [0.4, 0.5) is 0 Å².